The van der Waals surface area contributed by atoms with Crippen molar-refractivity contribution < 1.29 is 28.6 Å². The molecule has 0 aromatic carbocycles. The lowest BCUT2D eigenvalue weighted by molar-refractivity contribution is -0.167. The van der Waals surface area contributed by atoms with E-state index in [-0.39, 0.29) is 31.1 Å². The van der Waals surface area contributed by atoms with Crippen molar-refractivity contribution in [3.05, 3.63) is 0 Å². The predicted molar refractivity (Wildman–Crippen MR) is 224 cm³/mol. The highest BCUT2D eigenvalue weighted by Crippen LogP contribution is 2.16. The first-order valence-corrected chi connectivity index (χ1v) is 23.4. The number of ether oxygens (including phenoxy) is 3. The van der Waals surface area contributed by atoms with Gasteiger partial charge in [0.2, 0.25) is 0 Å². The zero-order valence-electron chi connectivity index (χ0n) is 36.0. The van der Waals surface area contributed by atoms with Gasteiger partial charge in [0.05, 0.1) is 0 Å². The van der Waals surface area contributed by atoms with Crippen LogP contribution in [0.3, 0.4) is 0 Å². The molecule has 0 N–H and O–H groups in total. The second kappa shape index (κ2) is 41.6. The number of esters is 3. The summed E-state index contributed by atoms with van der Waals surface area (Å²) in [4.78, 5) is 37.7. The highest BCUT2D eigenvalue weighted by atomic mass is 16.6. The third-order valence-electron chi connectivity index (χ3n) is 10.5. The molecule has 0 bridgehead atoms. The molecule has 0 fully saturated rings. The quantitative estimate of drug-likeness (QED) is 0.0351. The van der Waals surface area contributed by atoms with Gasteiger partial charge < -0.3 is 14.2 Å². The fraction of sp³-hybridized carbons (Fsp3) is 0.936. The van der Waals surface area contributed by atoms with Crippen LogP contribution in [0.25, 0.3) is 0 Å². The summed E-state index contributed by atoms with van der Waals surface area (Å²) in [5.41, 5.74) is 0. The molecular weight excluding hydrogens is 661 g/mol. The highest BCUT2D eigenvalue weighted by molar-refractivity contribution is 5.71. The number of carbonyl (C=O) groups is 3. The topological polar surface area (TPSA) is 78.9 Å². The molecule has 0 aromatic rings. The van der Waals surface area contributed by atoms with Gasteiger partial charge in [-0.1, -0.05) is 220 Å². The molecule has 0 heterocycles. The summed E-state index contributed by atoms with van der Waals surface area (Å²) in [5.74, 6) is -0.0930. The summed E-state index contributed by atoms with van der Waals surface area (Å²) in [6.45, 7) is 8.93. The predicted octanol–water partition coefficient (Wildman–Crippen LogP) is 14.7. The second-order valence-corrected chi connectivity index (χ2v) is 16.5. The molecule has 0 spiro atoms. The Bertz CT molecular complexity index is 796. The Balaban J connectivity index is 4.31. The molecule has 6 nitrogen and oxygen atoms in total. The summed E-state index contributed by atoms with van der Waals surface area (Å²) < 4.78 is 16.7. The van der Waals surface area contributed by atoms with Crippen molar-refractivity contribution in [3.63, 3.8) is 0 Å². The van der Waals surface area contributed by atoms with Gasteiger partial charge in [0.15, 0.2) is 6.10 Å². The molecule has 0 aliphatic carbocycles. The molecule has 0 aliphatic rings. The Morgan fingerprint density at radius 3 is 0.925 bits per heavy atom. The molecule has 314 valence electrons. The van der Waals surface area contributed by atoms with Gasteiger partial charge in [-0.3, -0.25) is 14.4 Å². The lowest BCUT2D eigenvalue weighted by Gasteiger charge is -2.18. The van der Waals surface area contributed by atoms with Crippen molar-refractivity contribution in [2.24, 2.45) is 5.92 Å². The van der Waals surface area contributed by atoms with Gasteiger partial charge in [-0.05, 0) is 25.2 Å². The third kappa shape index (κ3) is 41.4. The van der Waals surface area contributed by atoms with Crippen LogP contribution >= 0.6 is 0 Å². The fourth-order valence-electron chi connectivity index (χ4n) is 6.98. The normalized spacial score (nSPS) is 11.9. The Labute approximate surface area is 329 Å². The molecule has 0 aliphatic heterocycles. The standard InChI is InChI=1S/C47H90O6/c1-5-7-9-11-13-15-17-19-20-22-24-26-32-36-40-47(50)53-44(42-52-46(49)39-35-31-28-27-29-33-37-43(3)4)41-51-45(48)38-34-30-25-23-21-18-16-14-12-10-8-6-2/h43-44H,5-42H2,1-4H3/t44-/m0/s1. The average Bonchev–Trinajstić information content (AvgIpc) is 3.14. The van der Waals surface area contributed by atoms with Gasteiger partial charge in [-0.15, -0.1) is 0 Å². The summed E-state index contributed by atoms with van der Waals surface area (Å²) in [6.07, 6.45) is 40.9. The van der Waals surface area contributed by atoms with Crippen LogP contribution in [-0.4, -0.2) is 37.2 Å². The number of hydrogen-bond donors (Lipinski definition) is 0. The zero-order chi connectivity index (χ0) is 38.9. The van der Waals surface area contributed by atoms with Crippen LogP contribution in [0.1, 0.15) is 259 Å². The van der Waals surface area contributed by atoms with E-state index in [0.29, 0.717) is 19.3 Å². The first-order chi connectivity index (χ1) is 25.9. The summed E-state index contributed by atoms with van der Waals surface area (Å²) in [5, 5.41) is 0. The average molecular weight is 751 g/mol. The number of hydrogen-bond acceptors (Lipinski definition) is 6. The van der Waals surface area contributed by atoms with Gasteiger partial charge in [-0.25, -0.2) is 0 Å². The summed E-state index contributed by atoms with van der Waals surface area (Å²) >= 11 is 0. The van der Waals surface area contributed by atoms with E-state index < -0.39 is 6.10 Å². The molecule has 6 heteroatoms. The van der Waals surface area contributed by atoms with Crippen LogP contribution in [0.4, 0.5) is 0 Å². The van der Waals surface area contributed by atoms with Gasteiger partial charge in [-0.2, -0.15) is 0 Å². The summed E-state index contributed by atoms with van der Waals surface area (Å²) in [6, 6.07) is 0. The van der Waals surface area contributed by atoms with Gasteiger partial charge in [0.25, 0.3) is 0 Å². The SMILES string of the molecule is CCCCCCCCCCCCCCCCC(=O)O[C@@H](COC(=O)CCCCCCCCCCCCCC)COC(=O)CCCCCCCCC(C)C. The van der Waals surface area contributed by atoms with E-state index in [0.717, 1.165) is 63.7 Å². The number of unbranched alkanes of at least 4 members (excludes halogenated alkanes) is 29. The Morgan fingerprint density at radius 2 is 0.623 bits per heavy atom. The van der Waals surface area contributed by atoms with Crippen LogP contribution in [0, 0.1) is 5.92 Å². The van der Waals surface area contributed by atoms with Crippen LogP contribution in [-0.2, 0) is 28.6 Å². The lowest BCUT2D eigenvalue weighted by atomic mass is 10.0. The number of carbonyl (C=O) groups excluding carboxylic acids is 3. The largest absolute Gasteiger partial charge is 0.462 e. The zero-order valence-corrected chi connectivity index (χ0v) is 36.0. The monoisotopic (exact) mass is 751 g/mol. The van der Waals surface area contributed by atoms with Crippen molar-refractivity contribution in [2.45, 2.75) is 265 Å². The molecule has 0 aromatic heterocycles. The van der Waals surface area contributed by atoms with E-state index in [2.05, 4.69) is 27.7 Å². The van der Waals surface area contributed by atoms with E-state index in [1.165, 1.54) is 154 Å². The fourth-order valence-corrected chi connectivity index (χ4v) is 6.98. The Hall–Kier alpha value is -1.59. The summed E-state index contributed by atoms with van der Waals surface area (Å²) in [7, 11) is 0. The third-order valence-corrected chi connectivity index (χ3v) is 10.5. The van der Waals surface area contributed by atoms with Crippen molar-refractivity contribution in [2.75, 3.05) is 13.2 Å². The second-order valence-electron chi connectivity index (χ2n) is 16.5. The molecule has 1 atom stereocenters. The molecule has 0 saturated heterocycles. The number of rotatable bonds is 42. The molecule has 53 heavy (non-hydrogen) atoms. The molecule has 0 unspecified atom stereocenters. The Kier molecular flexibility index (Phi) is 40.3. The minimum atomic E-state index is -0.759. The van der Waals surface area contributed by atoms with E-state index >= 15 is 0 Å². The lowest BCUT2D eigenvalue weighted by Crippen LogP contribution is -2.30. The van der Waals surface area contributed by atoms with E-state index in [9.17, 15) is 14.4 Å². The minimum Gasteiger partial charge on any atom is -0.462 e. The van der Waals surface area contributed by atoms with Crippen molar-refractivity contribution in [3.8, 4) is 0 Å². The van der Waals surface area contributed by atoms with Crippen LogP contribution in [0.2, 0.25) is 0 Å². The maximum absolute atomic E-state index is 12.7. The molecule has 0 amide bonds. The van der Waals surface area contributed by atoms with Crippen LogP contribution < -0.4 is 0 Å². The van der Waals surface area contributed by atoms with E-state index in [1.54, 1.807) is 0 Å². The molecular formula is C47H90O6. The van der Waals surface area contributed by atoms with E-state index in [4.69, 9.17) is 14.2 Å². The molecule has 0 radical (unpaired) electrons. The first kappa shape index (κ1) is 51.4. The Morgan fingerprint density at radius 1 is 0.358 bits per heavy atom. The van der Waals surface area contributed by atoms with Gasteiger partial charge >= 0.3 is 17.9 Å². The van der Waals surface area contributed by atoms with Crippen molar-refractivity contribution >= 4 is 17.9 Å². The maximum Gasteiger partial charge on any atom is 0.306 e. The smallest absolute Gasteiger partial charge is 0.306 e. The highest BCUT2D eigenvalue weighted by Gasteiger charge is 2.19. The van der Waals surface area contributed by atoms with Crippen molar-refractivity contribution in [1.29, 1.82) is 0 Å². The molecule has 0 rings (SSSR count). The van der Waals surface area contributed by atoms with Crippen molar-refractivity contribution in [1.82, 2.24) is 0 Å². The van der Waals surface area contributed by atoms with Crippen LogP contribution in [0.15, 0.2) is 0 Å². The van der Waals surface area contributed by atoms with Gasteiger partial charge in [0.1, 0.15) is 13.2 Å². The maximum atomic E-state index is 12.7. The van der Waals surface area contributed by atoms with E-state index in [1.807, 2.05) is 0 Å². The van der Waals surface area contributed by atoms with Gasteiger partial charge in [0, 0.05) is 19.3 Å². The van der Waals surface area contributed by atoms with Crippen LogP contribution in [0.5, 0.6) is 0 Å². The first-order valence-electron chi connectivity index (χ1n) is 23.4. The molecule has 0 saturated carbocycles. The minimum absolute atomic E-state index is 0.0643.